The fourth-order valence-corrected chi connectivity index (χ4v) is 2.21. The van der Waals surface area contributed by atoms with Crippen molar-refractivity contribution in [1.82, 2.24) is 9.97 Å². The zero-order chi connectivity index (χ0) is 14.3. The van der Waals surface area contributed by atoms with Crippen LogP contribution in [0.2, 0.25) is 0 Å². The number of aromatic nitrogens is 2. The smallest absolute Gasteiger partial charge is 0.225 e. The van der Waals surface area contributed by atoms with Crippen molar-refractivity contribution in [2.45, 2.75) is 46.6 Å². The van der Waals surface area contributed by atoms with Crippen LogP contribution in [0.1, 0.15) is 40.5 Å². The third kappa shape index (κ3) is 4.86. The highest BCUT2D eigenvalue weighted by atomic mass is 35.5. The Morgan fingerprint density at radius 1 is 1.37 bits per heavy atom. The fourth-order valence-electron chi connectivity index (χ4n) is 1.74. The number of alkyl halides is 1. The molecule has 1 aromatic heterocycles. The first kappa shape index (κ1) is 16.0. The number of rotatable bonds is 8. The molecule has 0 aliphatic rings. The number of nitrogens with zero attached hydrogens (tertiary/aromatic N) is 2. The average Bonchev–Trinajstić information content (AvgIpc) is 2.41. The lowest BCUT2D eigenvalue weighted by atomic mass is 9.84. The summed E-state index contributed by atoms with van der Waals surface area (Å²) in [5, 5.41) is 3.27. The normalized spacial score (nSPS) is 11.7. The predicted octanol–water partition coefficient (Wildman–Crippen LogP) is 3.72. The summed E-state index contributed by atoms with van der Waals surface area (Å²) >= 11 is 6.09. The van der Waals surface area contributed by atoms with Crippen LogP contribution in [-0.2, 0) is 0 Å². The molecule has 0 fully saturated rings. The second kappa shape index (κ2) is 7.53. The molecule has 0 aliphatic heterocycles. The molecule has 5 heteroatoms. The number of halogens is 1. The van der Waals surface area contributed by atoms with Crippen molar-refractivity contribution < 1.29 is 4.74 Å². The Balaban J connectivity index is 2.66. The van der Waals surface area contributed by atoms with Gasteiger partial charge in [-0.25, -0.2) is 4.98 Å². The maximum absolute atomic E-state index is 6.09. The van der Waals surface area contributed by atoms with Crippen molar-refractivity contribution in [2.75, 3.05) is 17.7 Å². The summed E-state index contributed by atoms with van der Waals surface area (Å²) in [5.74, 6) is 1.82. The Morgan fingerprint density at radius 3 is 2.58 bits per heavy atom. The van der Waals surface area contributed by atoms with Gasteiger partial charge in [-0.1, -0.05) is 13.8 Å². The van der Waals surface area contributed by atoms with E-state index >= 15 is 0 Å². The molecule has 1 aromatic rings. The quantitative estimate of drug-likeness (QED) is 0.740. The van der Waals surface area contributed by atoms with Crippen molar-refractivity contribution in [3.8, 4) is 5.88 Å². The van der Waals surface area contributed by atoms with E-state index in [1.807, 2.05) is 13.8 Å². The molecule has 0 saturated carbocycles. The van der Waals surface area contributed by atoms with Gasteiger partial charge in [0.1, 0.15) is 0 Å². The van der Waals surface area contributed by atoms with Gasteiger partial charge < -0.3 is 10.1 Å². The van der Waals surface area contributed by atoms with E-state index in [-0.39, 0.29) is 11.5 Å². The SMILES string of the molecule is CCC(CC)(CCl)CNc1nccc(OC(C)C)n1. The highest BCUT2D eigenvalue weighted by Crippen LogP contribution is 2.28. The van der Waals surface area contributed by atoms with Gasteiger partial charge in [0, 0.05) is 30.1 Å². The maximum Gasteiger partial charge on any atom is 0.225 e. The van der Waals surface area contributed by atoms with E-state index in [0.29, 0.717) is 17.7 Å². The molecular weight excluding hydrogens is 262 g/mol. The number of hydrogen-bond donors (Lipinski definition) is 1. The topological polar surface area (TPSA) is 47.0 Å². The molecule has 0 saturated heterocycles. The average molecular weight is 286 g/mol. The van der Waals surface area contributed by atoms with Crippen molar-refractivity contribution in [3.63, 3.8) is 0 Å². The molecule has 108 valence electrons. The Hall–Kier alpha value is -1.03. The molecule has 0 bridgehead atoms. The van der Waals surface area contributed by atoms with E-state index in [2.05, 4.69) is 29.1 Å². The van der Waals surface area contributed by atoms with Crippen LogP contribution in [0.5, 0.6) is 5.88 Å². The standard InChI is InChI=1S/C14H24ClN3O/c1-5-14(6-2,9-15)10-17-13-16-8-7-12(18-13)19-11(3)4/h7-8,11H,5-6,9-10H2,1-4H3,(H,16,17,18). The molecule has 1 heterocycles. The lowest BCUT2D eigenvalue weighted by Gasteiger charge is -2.29. The third-order valence-corrected chi connectivity index (χ3v) is 3.96. The molecule has 0 amide bonds. The van der Waals surface area contributed by atoms with Crippen molar-refractivity contribution in [2.24, 2.45) is 5.41 Å². The van der Waals surface area contributed by atoms with E-state index in [9.17, 15) is 0 Å². The van der Waals surface area contributed by atoms with Gasteiger partial charge in [-0.3, -0.25) is 0 Å². The molecule has 0 radical (unpaired) electrons. The third-order valence-electron chi connectivity index (χ3n) is 3.39. The molecule has 0 atom stereocenters. The Bertz CT molecular complexity index is 372. The number of nitrogens with one attached hydrogen (secondary N) is 1. The summed E-state index contributed by atoms with van der Waals surface area (Å²) in [7, 11) is 0. The van der Waals surface area contributed by atoms with Crippen LogP contribution in [0.15, 0.2) is 12.3 Å². The Labute approximate surface area is 120 Å². The molecular formula is C14H24ClN3O. The summed E-state index contributed by atoms with van der Waals surface area (Å²) in [4.78, 5) is 8.54. The molecule has 0 aliphatic carbocycles. The Kier molecular flexibility index (Phi) is 6.35. The second-order valence-corrected chi connectivity index (χ2v) is 5.35. The van der Waals surface area contributed by atoms with Crippen LogP contribution in [0.25, 0.3) is 0 Å². The van der Waals surface area contributed by atoms with Gasteiger partial charge in [0.15, 0.2) is 0 Å². The van der Waals surface area contributed by atoms with Crippen molar-refractivity contribution in [1.29, 1.82) is 0 Å². The van der Waals surface area contributed by atoms with E-state index in [1.165, 1.54) is 0 Å². The van der Waals surface area contributed by atoms with Gasteiger partial charge >= 0.3 is 0 Å². The summed E-state index contributed by atoms with van der Waals surface area (Å²) < 4.78 is 5.55. The van der Waals surface area contributed by atoms with E-state index in [0.717, 1.165) is 19.4 Å². The maximum atomic E-state index is 6.09. The van der Waals surface area contributed by atoms with E-state index < -0.39 is 0 Å². The summed E-state index contributed by atoms with van der Waals surface area (Å²) in [6, 6.07) is 1.76. The van der Waals surface area contributed by atoms with Gasteiger partial charge in [0.05, 0.1) is 6.10 Å². The number of ether oxygens (including phenoxy) is 1. The van der Waals surface area contributed by atoms with Crippen LogP contribution in [0.4, 0.5) is 5.95 Å². The minimum Gasteiger partial charge on any atom is -0.475 e. The molecule has 19 heavy (non-hydrogen) atoms. The monoisotopic (exact) mass is 285 g/mol. The highest BCUT2D eigenvalue weighted by Gasteiger charge is 2.25. The zero-order valence-corrected chi connectivity index (χ0v) is 13.0. The lowest BCUT2D eigenvalue weighted by Crippen LogP contribution is -2.30. The van der Waals surface area contributed by atoms with E-state index in [4.69, 9.17) is 16.3 Å². The summed E-state index contributed by atoms with van der Waals surface area (Å²) in [6.07, 6.45) is 3.87. The van der Waals surface area contributed by atoms with Crippen LogP contribution in [0.3, 0.4) is 0 Å². The first-order valence-corrected chi connectivity index (χ1v) is 7.38. The van der Waals surface area contributed by atoms with Gasteiger partial charge in [0.25, 0.3) is 0 Å². The van der Waals surface area contributed by atoms with Crippen molar-refractivity contribution in [3.05, 3.63) is 12.3 Å². The predicted molar refractivity (Wildman–Crippen MR) is 80.0 cm³/mol. The minimum absolute atomic E-state index is 0.0970. The van der Waals surface area contributed by atoms with Gasteiger partial charge in [0.2, 0.25) is 11.8 Å². The molecule has 1 N–H and O–H groups in total. The first-order valence-electron chi connectivity index (χ1n) is 6.84. The largest absolute Gasteiger partial charge is 0.475 e. The first-order chi connectivity index (χ1) is 9.05. The van der Waals surface area contributed by atoms with Gasteiger partial charge in [-0.2, -0.15) is 4.98 Å². The zero-order valence-electron chi connectivity index (χ0n) is 12.2. The summed E-state index contributed by atoms with van der Waals surface area (Å²) in [5.41, 5.74) is 0.0970. The number of hydrogen-bond acceptors (Lipinski definition) is 4. The molecule has 0 unspecified atom stereocenters. The lowest BCUT2D eigenvalue weighted by molar-refractivity contribution is 0.232. The second-order valence-electron chi connectivity index (χ2n) is 5.08. The van der Waals surface area contributed by atoms with Crippen LogP contribution < -0.4 is 10.1 Å². The molecule has 1 rings (SSSR count). The van der Waals surface area contributed by atoms with Gasteiger partial charge in [-0.15, -0.1) is 11.6 Å². The molecule has 0 spiro atoms. The van der Waals surface area contributed by atoms with Gasteiger partial charge in [-0.05, 0) is 26.7 Å². The summed E-state index contributed by atoms with van der Waals surface area (Å²) in [6.45, 7) is 9.04. The minimum atomic E-state index is 0.0970. The van der Waals surface area contributed by atoms with Crippen molar-refractivity contribution >= 4 is 17.5 Å². The Morgan fingerprint density at radius 2 is 2.05 bits per heavy atom. The molecule has 4 nitrogen and oxygen atoms in total. The van der Waals surface area contributed by atoms with E-state index in [1.54, 1.807) is 12.3 Å². The fraction of sp³-hybridized carbons (Fsp3) is 0.714. The van der Waals surface area contributed by atoms with Crippen LogP contribution >= 0.6 is 11.6 Å². The number of anilines is 1. The van der Waals surface area contributed by atoms with Crippen LogP contribution in [-0.4, -0.2) is 28.5 Å². The van der Waals surface area contributed by atoms with Crippen LogP contribution in [0, 0.1) is 5.41 Å². The highest BCUT2D eigenvalue weighted by molar-refractivity contribution is 6.18. The molecule has 0 aromatic carbocycles.